The minimum absolute atomic E-state index is 0.0178. The second kappa shape index (κ2) is 13.2. The van der Waals surface area contributed by atoms with Crippen molar-refractivity contribution in [1.29, 1.82) is 0 Å². The number of likely N-dealkylation sites (N-methyl/N-ethyl adjacent to an activating group) is 2. The summed E-state index contributed by atoms with van der Waals surface area (Å²) in [6, 6.07) is 14.8. The van der Waals surface area contributed by atoms with Crippen LogP contribution in [0.5, 0.6) is 0 Å². The van der Waals surface area contributed by atoms with Crippen LogP contribution >= 0.6 is 11.6 Å². The van der Waals surface area contributed by atoms with Gasteiger partial charge < -0.3 is 30.7 Å². The van der Waals surface area contributed by atoms with Gasteiger partial charge in [-0.1, -0.05) is 35.9 Å². The number of rotatable bonds is 9. The highest BCUT2D eigenvalue weighted by Gasteiger charge is 2.27. The summed E-state index contributed by atoms with van der Waals surface area (Å²) in [6.45, 7) is 2.18. The predicted octanol–water partition coefficient (Wildman–Crippen LogP) is 4.25. The van der Waals surface area contributed by atoms with Crippen molar-refractivity contribution in [2.24, 2.45) is 0 Å². The average Bonchev–Trinajstić information content (AvgIpc) is 3.38. The summed E-state index contributed by atoms with van der Waals surface area (Å²) in [4.78, 5) is 41.7. The smallest absolute Gasteiger partial charge is 0.251 e. The van der Waals surface area contributed by atoms with Crippen LogP contribution in [0.3, 0.4) is 0 Å². The normalized spacial score (nSPS) is 17.5. The van der Waals surface area contributed by atoms with Crippen molar-refractivity contribution in [3.8, 4) is 11.3 Å². The van der Waals surface area contributed by atoms with Gasteiger partial charge in [0.1, 0.15) is 0 Å². The van der Waals surface area contributed by atoms with Gasteiger partial charge in [-0.05, 0) is 57.9 Å². The Morgan fingerprint density at radius 1 is 1.12 bits per heavy atom. The third-order valence-electron chi connectivity index (χ3n) is 7.04. The van der Waals surface area contributed by atoms with Gasteiger partial charge in [-0.2, -0.15) is 0 Å². The first-order valence-corrected chi connectivity index (χ1v) is 14.2. The van der Waals surface area contributed by atoms with E-state index in [0.29, 0.717) is 40.9 Å². The topological polar surface area (TPSA) is 118 Å². The van der Waals surface area contributed by atoms with Gasteiger partial charge in [0, 0.05) is 71.7 Å². The Bertz CT molecular complexity index is 1580. The summed E-state index contributed by atoms with van der Waals surface area (Å²) >= 11 is 6.51. The van der Waals surface area contributed by atoms with E-state index < -0.39 is 0 Å². The van der Waals surface area contributed by atoms with Crippen molar-refractivity contribution in [2.45, 2.75) is 18.5 Å². The summed E-state index contributed by atoms with van der Waals surface area (Å²) in [6.07, 6.45) is 7.53. The van der Waals surface area contributed by atoms with Crippen LogP contribution < -0.4 is 16.0 Å². The molecule has 1 saturated heterocycles. The maximum absolute atomic E-state index is 13.0. The molecule has 5 rings (SSSR count). The Balaban J connectivity index is 1.20. The maximum atomic E-state index is 13.0. The molecule has 3 heterocycles. The van der Waals surface area contributed by atoms with E-state index in [1.165, 1.54) is 6.08 Å². The zero-order chi connectivity index (χ0) is 29.6. The molecule has 0 unspecified atom stereocenters. The number of H-pyrrole nitrogens is 1. The lowest BCUT2D eigenvalue weighted by Gasteiger charge is -2.36. The molecule has 2 aromatic carbocycles. The van der Waals surface area contributed by atoms with Crippen LogP contribution in [0.2, 0.25) is 5.02 Å². The first-order valence-electron chi connectivity index (χ1n) is 13.8. The number of benzene rings is 2. The first-order chi connectivity index (χ1) is 20.2. The Kier molecular flexibility index (Phi) is 9.16. The Hall–Kier alpha value is -4.25. The fourth-order valence-electron chi connectivity index (χ4n) is 5.13. The quantitative estimate of drug-likeness (QED) is 0.217. The first kappa shape index (κ1) is 29.2. The number of carbonyl (C=O) groups excluding carboxylic acids is 2. The Labute approximate surface area is 250 Å². The molecule has 4 N–H and O–H groups in total. The zero-order valence-corrected chi connectivity index (χ0v) is 24.7. The number of aromatic amines is 1. The molecule has 1 fully saturated rings. The van der Waals surface area contributed by atoms with E-state index in [2.05, 4.69) is 30.8 Å². The third kappa shape index (κ3) is 7.33. The molecule has 10 nitrogen and oxygen atoms in total. The van der Waals surface area contributed by atoms with Gasteiger partial charge >= 0.3 is 0 Å². The number of piperidine rings is 1. The van der Waals surface area contributed by atoms with Gasteiger partial charge in [0.15, 0.2) is 0 Å². The number of para-hydroxylation sites is 1. The lowest BCUT2D eigenvalue weighted by atomic mass is 10.0. The van der Waals surface area contributed by atoms with Crippen LogP contribution in [0, 0.1) is 0 Å². The molecule has 2 aromatic heterocycles. The highest BCUT2D eigenvalue weighted by Crippen LogP contribution is 2.32. The Morgan fingerprint density at radius 2 is 1.88 bits per heavy atom. The number of likely N-dealkylation sites (tertiary alicyclic amines) is 1. The van der Waals surface area contributed by atoms with Crippen LogP contribution in [0.1, 0.15) is 16.8 Å². The number of hydrogen-bond donors (Lipinski definition) is 4. The van der Waals surface area contributed by atoms with E-state index in [-0.39, 0.29) is 23.9 Å². The van der Waals surface area contributed by atoms with Crippen LogP contribution in [0.25, 0.3) is 22.2 Å². The summed E-state index contributed by atoms with van der Waals surface area (Å²) in [5, 5.41) is 10.9. The van der Waals surface area contributed by atoms with Gasteiger partial charge in [0.25, 0.3) is 5.91 Å². The summed E-state index contributed by atoms with van der Waals surface area (Å²) in [7, 11) is 5.89. The summed E-state index contributed by atoms with van der Waals surface area (Å²) in [5.41, 5.74) is 3.74. The minimum atomic E-state index is -0.212. The van der Waals surface area contributed by atoms with Crippen molar-refractivity contribution in [3.63, 3.8) is 0 Å². The standard InChI is InChI=1S/C31H35ClN8O2/c1-39(2)14-6-9-28(41)35-21-12-10-20(11-13-21)30(42)36-22-15-23(19-40(3)18-22)37-31-34-17-26(32)29(38-31)25-16-33-27-8-5-4-7-24(25)27/h4-13,16-17,22-23,33H,14-15,18-19H2,1-3H3,(H,35,41)(H,36,42)(H,34,37,38)/b9-6+/t22-,23+/m1/s1. The van der Waals surface area contributed by atoms with Crippen molar-refractivity contribution in [3.05, 3.63) is 83.7 Å². The number of anilines is 2. The molecule has 0 saturated carbocycles. The number of aromatic nitrogens is 3. The lowest BCUT2D eigenvalue weighted by Crippen LogP contribution is -2.53. The highest BCUT2D eigenvalue weighted by atomic mass is 35.5. The molecule has 2 atom stereocenters. The van der Waals surface area contributed by atoms with Gasteiger partial charge in [0.05, 0.1) is 16.9 Å². The second-order valence-corrected chi connectivity index (χ2v) is 11.2. The number of carbonyl (C=O) groups is 2. The van der Waals surface area contributed by atoms with Gasteiger partial charge in [-0.15, -0.1) is 0 Å². The zero-order valence-electron chi connectivity index (χ0n) is 23.9. The van der Waals surface area contributed by atoms with E-state index in [9.17, 15) is 9.59 Å². The van der Waals surface area contributed by atoms with Crippen LogP contribution in [-0.4, -0.2) is 89.4 Å². The third-order valence-corrected chi connectivity index (χ3v) is 7.32. The van der Waals surface area contributed by atoms with Crippen LogP contribution in [-0.2, 0) is 4.79 Å². The minimum Gasteiger partial charge on any atom is -0.360 e. The van der Waals surface area contributed by atoms with Gasteiger partial charge in [-0.25, -0.2) is 9.97 Å². The van der Waals surface area contributed by atoms with Gasteiger partial charge in [0.2, 0.25) is 11.9 Å². The molecule has 0 spiro atoms. The van der Waals surface area contributed by atoms with E-state index in [1.807, 2.05) is 56.5 Å². The molecule has 42 heavy (non-hydrogen) atoms. The van der Waals surface area contributed by atoms with Crippen molar-refractivity contribution < 1.29 is 9.59 Å². The summed E-state index contributed by atoms with van der Waals surface area (Å²) in [5.74, 6) is 0.109. The number of hydrogen-bond acceptors (Lipinski definition) is 7. The number of halogens is 1. The van der Waals surface area contributed by atoms with Crippen molar-refractivity contribution in [2.75, 3.05) is 51.4 Å². The van der Waals surface area contributed by atoms with E-state index in [0.717, 1.165) is 29.6 Å². The van der Waals surface area contributed by atoms with E-state index in [1.54, 1.807) is 36.5 Å². The predicted molar refractivity (Wildman–Crippen MR) is 168 cm³/mol. The molecule has 218 valence electrons. The second-order valence-electron chi connectivity index (χ2n) is 10.8. The van der Waals surface area contributed by atoms with Gasteiger partial charge in [-0.3, -0.25) is 9.59 Å². The largest absolute Gasteiger partial charge is 0.360 e. The highest BCUT2D eigenvalue weighted by molar-refractivity contribution is 6.33. The SMILES string of the molecule is CN(C)C/C=C/C(=O)Nc1ccc(C(=O)N[C@@H]2C[C@H](Nc3ncc(Cl)c(-c4c[nH]c5ccccc45)n3)CN(C)C2)cc1. The van der Waals surface area contributed by atoms with Crippen molar-refractivity contribution in [1.82, 2.24) is 30.1 Å². The lowest BCUT2D eigenvalue weighted by molar-refractivity contribution is -0.111. The fraction of sp³-hybridized carbons (Fsp3) is 0.290. The molecule has 0 bridgehead atoms. The molecule has 1 aliphatic heterocycles. The van der Waals surface area contributed by atoms with E-state index in [4.69, 9.17) is 16.6 Å². The number of fused-ring (bicyclic) bond motifs is 1. The van der Waals surface area contributed by atoms with Crippen molar-refractivity contribution >= 4 is 46.0 Å². The average molecular weight is 587 g/mol. The number of amides is 2. The molecule has 1 aliphatic rings. The molecular formula is C31H35ClN8O2. The molecule has 4 aromatic rings. The number of nitrogens with one attached hydrogen (secondary N) is 4. The maximum Gasteiger partial charge on any atom is 0.251 e. The van der Waals surface area contributed by atoms with Crippen LogP contribution in [0.4, 0.5) is 11.6 Å². The molecule has 11 heteroatoms. The summed E-state index contributed by atoms with van der Waals surface area (Å²) < 4.78 is 0. The van der Waals surface area contributed by atoms with Crippen LogP contribution in [0.15, 0.2) is 73.1 Å². The van der Waals surface area contributed by atoms with E-state index >= 15 is 0 Å². The fourth-order valence-corrected chi connectivity index (χ4v) is 5.33. The molecule has 2 amide bonds. The monoisotopic (exact) mass is 586 g/mol. The number of nitrogens with zero attached hydrogens (tertiary/aromatic N) is 4. The molecule has 0 radical (unpaired) electrons. The Morgan fingerprint density at radius 3 is 2.67 bits per heavy atom. The molecule has 0 aliphatic carbocycles. The molecular weight excluding hydrogens is 552 g/mol.